The molecule has 0 bridgehead atoms. The zero-order chi connectivity index (χ0) is 13.2. The Bertz CT molecular complexity index is 556. The van der Waals surface area contributed by atoms with E-state index in [1.165, 1.54) is 0 Å². The Kier molecular flexibility index (Phi) is 4.07. The molecule has 1 atom stereocenters. The van der Waals surface area contributed by atoms with E-state index in [0.29, 0.717) is 23.0 Å². The Morgan fingerprint density at radius 2 is 1.94 bits per heavy atom. The summed E-state index contributed by atoms with van der Waals surface area (Å²) in [6.07, 6.45) is 2.35. The summed E-state index contributed by atoms with van der Waals surface area (Å²) in [5.74, 6) is -0.180. The fourth-order valence-corrected chi connectivity index (χ4v) is 4.13. The Morgan fingerprint density at radius 3 is 2.61 bits per heavy atom. The highest BCUT2D eigenvalue weighted by Crippen LogP contribution is 2.26. The first-order valence-electron chi connectivity index (χ1n) is 5.79. The summed E-state index contributed by atoms with van der Waals surface area (Å²) in [5, 5.41) is -0.904. The van der Waals surface area contributed by atoms with E-state index in [-0.39, 0.29) is 5.78 Å². The number of benzene rings is 1. The molecular weight excluding hydrogens is 318 g/mol. The number of sulfonamides is 1. The smallest absolute Gasteiger partial charge is 0.242 e. The largest absolute Gasteiger partial charge is 0.298 e. The molecule has 2 rings (SSSR count). The molecule has 1 fully saturated rings. The molecule has 0 radical (unpaired) electrons. The Morgan fingerprint density at radius 1 is 1.22 bits per heavy atom. The molecule has 1 unspecified atom stereocenters. The maximum atomic E-state index is 12.2. The maximum Gasteiger partial charge on any atom is 0.242 e. The molecule has 1 aromatic rings. The molecule has 18 heavy (non-hydrogen) atoms. The molecule has 0 spiro atoms. The average molecular weight is 332 g/mol. The first kappa shape index (κ1) is 13.5. The van der Waals surface area contributed by atoms with Gasteiger partial charge in [0.15, 0.2) is 5.78 Å². The molecule has 98 valence electrons. The van der Waals surface area contributed by atoms with Crippen molar-refractivity contribution in [3.8, 4) is 0 Å². The number of halogens is 1. The van der Waals surface area contributed by atoms with Crippen LogP contribution in [0.25, 0.3) is 0 Å². The second kappa shape index (κ2) is 5.40. The Balaban J connectivity index is 2.22. The molecule has 0 aliphatic heterocycles. The average Bonchev–Trinajstić information content (AvgIpc) is 2.32. The van der Waals surface area contributed by atoms with E-state index in [9.17, 15) is 13.2 Å². The van der Waals surface area contributed by atoms with E-state index in [1.54, 1.807) is 24.3 Å². The number of carbonyl (C=O) groups excluding carboxylic acids is 1. The van der Waals surface area contributed by atoms with Gasteiger partial charge in [-0.05, 0) is 40.9 Å². The van der Waals surface area contributed by atoms with Crippen molar-refractivity contribution < 1.29 is 13.2 Å². The van der Waals surface area contributed by atoms with Gasteiger partial charge in [0.05, 0.1) is 5.69 Å². The standard InChI is InChI=1S/C12H14BrNO3S/c13-9-5-1-2-6-10(9)14-18(16,17)12-8-4-3-7-11(12)15/h1-2,5-6,12,14H,3-4,7-8H2. The third-order valence-electron chi connectivity index (χ3n) is 3.00. The first-order valence-corrected chi connectivity index (χ1v) is 8.13. The lowest BCUT2D eigenvalue weighted by Crippen LogP contribution is -2.37. The quantitative estimate of drug-likeness (QED) is 0.926. The molecule has 0 aromatic heterocycles. The minimum atomic E-state index is -3.64. The van der Waals surface area contributed by atoms with Crippen molar-refractivity contribution in [3.05, 3.63) is 28.7 Å². The number of Topliss-reactive ketones (excluding diaryl/α,β-unsaturated/α-hetero) is 1. The zero-order valence-electron chi connectivity index (χ0n) is 9.73. The third kappa shape index (κ3) is 2.92. The molecule has 1 N–H and O–H groups in total. The van der Waals surface area contributed by atoms with Crippen LogP contribution in [0.3, 0.4) is 0 Å². The Hall–Kier alpha value is -0.880. The molecule has 4 nitrogen and oxygen atoms in total. The van der Waals surface area contributed by atoms with Crippen LogP contribution in [0.2, 0.25) is 0 Å². The van der Waals surface area contributed by atoms with Crippen molar-refractivity contribution in [2.75, 3.05) is 4.72 Å². The predicted molar refractivity (Wildman–Crippen MR) is 73.9 cm³/mol. The summed E-state index contributed by atoms with van der Waals surface area (Å²) < 4.78 is 27.5. The highest BCUT2D eigenvalue weighted by Gasteiger charge is 2.34. The minimum absolute atomic E-state index is 0.180. The van der Waals surface area contributed by atoms with Gasteiger partial charge in [-0.1, -0.05) is 18.6 Å². The summed E-state index contributed by atoms with van der Waals surface area (Å²) >= 11 is 3.28. The summed E-state index contributed by atoms with van der Waals surface area (Å²) in [6, 6.07) is 6.95. The zero-order valence-corrected chi connectivity index (χ0v) is 12.1. The molecule has 1 aliphatic rings. The van der Waals surface area contributed by atoms with Gasteiger partial charge in [-0.2, -0.15) is 0 Å². The van der Waals surface area contributed by atoms with Gasteiger partial charge in [0.25, 0.3) is 0 Å². The Labute approximate surface area is 115 Å². The fraction of sp³-hybridized carbons (Fsp3) is 0.417. The van der Waals surface area contributed by atoms with E-state index >= 15 is 0 Å². The highest BCUT2D eigenvalue weighted by molar-refractivity contribution is 9.10. The van der Waals surface area contributed by atoms with Gasteiger partial charge >= 0.3 is 0 Å². The summed E-state index contributed by atoms with van der Waals surface area (Å²) in [5.41, 5.74) is 0.468. The van der Waals surface area contributed by atoms with Crippen LogP contribution >= 0.6 is 15.9 Å². The van der Waals surface area contributed by atoms with Crippen molar-refractivity contribution in [3.63, 3.8) is 0 Å². The maximum absolute atomic E-state index is 12.2. The van der Waals surface area contributed by atoms with Gasteiger partial charge < -0.3 is 0 Å². The summed E-state index contributed by atoms with van der Waals surface area (Å²) in [4.78, 5) is 11.7. The van der Waals surface area contributed by atoms with Crippen molar-refractivity contribution >= 4 is 37.4 Å². The number of hydrogen-bond donors (Lipinski definition) is 1. The number of carbonyl (C=O) groups is 1. The predicted octanol–water partition coefficient (Wildman–Crippen LogP) is 2.70. The molecule has 0 heterocycles. The molecule has 0 saturated heterocycles. The van der Waals surface area contributed by atoms with E-state index in [2.05, 4.69) is 20.7 Å². The molecule has 1 aliphatic carbocycles. The lowest BCUT2D eigenvalue weighted by atomic mass is 9.99. The third-order valence-corrected chi connectivity index (χ3v) is 5.44. The van der Waals surface area contributed by atoms with E-state index in [1.807, 2.05) is 0 Å². The first-order chi connectivity index (χ1) is 8.50. The number of para-hydroxylation sites is 1. The van der Waals surface area contributed by atoms with Gasteiger partial charge in [-0.15, -0.1) is 0 Å². The molecule has 1 saturated carbocycles. The van der Waals surface area contributed by atoms with E-state index in [0.717, 1.165) is 12.8 Å². The van der Waals surface area contributed by atoms with Crippen molar-refractivity contribution in [1.82, 2.24) is 0 Å². The number of rotatable bonds is 3. The summed E-state index contributed by atoms with van der Waals surface area (Å²) in [6.45, 7) is 0. The normalized spacial score (nSPS) is 20.7. The molecular formula is C12H14BrNO3S. The van der Waals surface area contributed by atoms with Crippen LogP contribution < -0.4 is 4.72 Å². The monoisotopic (exact) mass is 331 g/mol. The second-order valence-corrected chi connectivity index (χ2v) is 7.05. The van der Waals surface area contributed by atoms with Gasteiger partial charge in [0.2, 0.25) is 10.0 Å². The van der Waals surface area contributed by atoms with Crippen LogP contribution in [-0.2, 0) is 14.8 Å². The van der Waals surface area contributed by atoms with Gasteiger partial charge in [-0.25, -0.2) is 8.42 Å². The second-order valence-electron chi connectivity index (χ2n) is 4.33. The van der Waals surface area contributed by atoms with Crippen LogP contribution in [-0.4, -0.2) is 19.5 Å². The van der Waals surface area contributed by atoms with Crippen molar-refractivity contribution in [2.24, 2.45) is 0 Å². The lowest BCUT2D eigenvalue weighted by molar-refractivity contribution is -0.119. The van der Waals surface area contributed by atoms with Gasteiger partial charge in [0.1, 0.15) is 5.25 Å². The van der Waals surface area contributed by atoms with Crippen LogP contribution in [0.15, 0.2) is 28.7 Å². The highest BCUT2D eigenvalue weighted by atomic mass is 79.9. The van der Waals surface area contributed by atoms with Crippen LogP contribution in [0.1, 0.15) is 25.7 Å². The SMILES string of the molecule is O=C1CCCCC1S(=O)(=O)Nc1ccccc1Br. The molecule has 6 heteroatoms. The number of anilines is 1. The topological polar surface area (TPSA) is 63.2 Å². The van der Waals surface area contributed by atoms with Crippen LogP contribution in [0.4, 0.5) is 5.69 Å². The van der Waals surface area contributed by atoms with Crippen molar-refractivity contribution in [2.45, 2.75) is 30.9 Å². The van der Waals surface area contributed by atoms with Crippen LogP contribution in [0, 0.1) is 0 Å². The fourth-order valence-electron chi connectivity index (χ4n) is 2.05. The molecule has 1 aromatic carbocycles. The van der Waals surface area contributed by atoms with Crippen LogP contribution in [0.5, 0.6) is 0 Å². The number of nitrogens with one attached hydrogen (secondary N) is 1. The van der Waals surface area contributed by atoms with Gasteiger partial charge in [0, 0.05) is 10.9 Å². The molecule has 0 amide bonds. The van der Waals surface area contributed by atoms with E-state index in [4.69, 9.17) is 0 Å². The minimum Gasteiger partial charge on any atom is -0.298 e. The number of hydrogen-bond acceptors (Lipinski definition) is 3. The number of ketones is 1. The van der Waals surface area contributed by atoms with E-state index < -0.39 is 15.3 Å². The van der Waals surface area contributed by atoms with Gasteiger partial charge in [-0.3, -0.25) is 9.52 Å². The lowest BCUT2D eigenvalue weighted by Gasteiger charge is -2.21. The van der Waals surface area contributed by atoms with Crippen molar-refractivity contribution in [1.29, 1.82) is 0 Å². The summed E-state index contributed by atoms with van der Waals surface area (Å²) in [7, 11) is -3.64.